The summed E-state index contributed by atoms with van der Waals surface area (Å²) in [6, 6.07) is -0.0201. The van der Waals surface area contributed by atoms with Crippen LogP contribution in [0.2, 0.25) is 0 Å². The maximum Gasteiger partial charge on any atom is 0.282 e. The Morgan fingerprint density at radius 3 is 2.76 bits per heavy atom. The summed E-state index contributed by atoms with van der Waals surface area (Å²) in [5.41, 5.74) is 0. The van der Waals surface area contributed by atoms with Crippen LogP contribution in [0.3, 0.4) is 0 Å². The predicted molar refractivity (Wildman–Crippen MR) is 69.9 cm³/mol. The van der Waals surface area contributed by atoms with Gasteiger partial charge in [0.25, 0.3) is 5.91 Å². The Morgan fingerprint density at radius 2 is 2.24 bits per heavy atom. The second-order valence-corrected chi connectivity index (χ2v) is 6.14. The van der Waals surface area contributed by atoms with Gasteiger partial charge < -0.3 is 10.6 Å². The number of carbonyl (C=O) groups excluding carboxylic acids is 1. The van der Waals surface area contributed by atoms with E-state index in [-0.39, 0.29) is 11.9 Å². The molecule has 0 bridgehead atoms. The van der Waals surface area contributed by atoms with Gasteiger partial charge in [-0.05, 0) is 13.3 Å². The Morgan fingerprint density at radius 1 is 1.53 bits per heavy atom. The molecule has 96 valence electrons. The minimum absolute atomic E-state index is 0.0201. The van der Waals surface area contributed by atoms with E-state index in [2.05, 4.69) is 20.8 Å². The lowest BCUT2D eigenvalue weighted by Crippen LogP contribution is -2.33. The maximum atomic E-state index is 11.7. The van der Waals surface area contributed by atoms with Crippen molar-refractivity contribution in [3.63, 3.8) is 0 Å². The van der Waals surface area contributed by atoms with Crippen molar-refractivity contribution in [3.8, 4) is 0 Å². The average Bonchev–Trinajstić information content (AvgIpc) is 2.74. The zero-order valence-electron chi connectivity index (χ0n) is 10.0. The maximum absolute atomic E-state index is 11.7. The van der Waals surface area contributed by atoms with Gasteiger partial charge >= 0.3 is 0 Å². The van der Waals surface area contributed by atoms with Crippen LogP contribution in [0.4, 0.5) is 5.13 Å². The molecule has 1 aromatic rings. The van der Waals surface area contributed by atoms with Crippen LogP contribution in [-0.4, -0.2) is 45.4 Å². The molecule has 8 heteroatoms. The van der Waals surface area contributed by atoms with Crippen LogP contribution >= 0.6 is 11.3 Å². The quantitative estimate of drug-likeness (QED) is 0.789. The van der Waals surface area contributed by atoms with Crippen LogP contribution in [0.5, 0.6) is 0 Å². The number of carbonyl (C=O) groups is 1. The summed E-state index contributed by atoms with van der Waals surface area (Å²) in [7, 11) is 0.894. The van der Waals surface area contributed by atoms with Crippen LogP contribution < -0.4 is 10.6 Å². The van der Waals surface area contributed by atoms with E-state index >= 15 is 0 Å². The van der Waals surface area contributed by atoms with Gasteiger partial charge in [0.2, 0.25) is 10.1 Å². The second-order valence-electron chi connectivity index (χ2n) is 3.60. The molecule has 1 heterocycles. The molecular weight excluding hydrogens is 260 g/mol. The van der Waals surface area contributed by atoms with Crippen molar-refractivity contribution in [2.75, 3.05) is 24.4 Å². The van der Waals surface area contributed by atoms with Crippen molar-refractivity contribution >= 4 is 33.2 Å². The lowest BCUT2D eigenvalue weighted by atomic mass is 10.2. The highest BCUT2D eigenvalue weighted by atomic mass is 32.2. The van der Waals surface area contributed by atoms with E-state index in [1.54, 1.807) is 13.3 Å². The van der Waals surface area contributed by atoms with Crippen LogP contribution in [0, 0.1) is 0 Å². The average molecular weight is 276 g/mol. The summed E-state index contributed by atoms with van der Waals surface area (Å²) < 4.78 is 10.9. The zero-order valence-corrected chi connectivity index (χ0v) is 11.7. The molecule has 0 aliphatic carbocycles. The SMILES string of the molecule is CNc1nnc(C(=O)NC(C)CCS(C)=O)s1. The van der Waals surface area contributed by atoms with Crippen LogP contribution in [-0.2, 0) is 10.8 Å². The molecule has 0 saturated heterocycles. The van der Waals surface area contributed by atoms with Gasteiger partial charge in [-0.25, -0.2) is 0 Å². The van der Waals surface area contributed by atoms with E-state index in [9.17, 15) is 9.00 Å². The molecule has 6 nitrogen and oxygen atoms in total. The molecule has 2 N–H and O–H groups in total. The van der Waals surface area contributed by atoms with E-state index in [1.165, 1.54) is 11.3 Å². The lowest BCUT2D eigenvalue weighted by molar-refractivity contribution is 0.0938. The van der Waals surface area contributed by atoms with E-state index in [4.69, 9.17) is 0 Å². The fourth-order valence-electron chi connectivity index (χ4n) is 1.12. The minimum atomic E-state index is -0.829. The molecule has 1 rings (SSSR count). The first-order valence-corrected chi connectivity index (χ1v) is 7.69. The molecule has 0 radical (unpaired) electrons. The van der Waals surface area contributed by atoms with Crippen LogP contribution in [0.25, 0.3) is 0 Å². The van der Waals surface area contributed by atoms with E-state index in [1.807, 2.05) is 6.92 Å². The number of nitrogens with zero attached hydrogens (tertiary/aromatic N) is 2. The Hall–Kier alpha value is -1.02. The molecular formula is C9H16N4O2S2. The Labute approximate surface area is 107 Å². The molecule has 0 aliphatic heterocycles. The van der Waals surface area contributed by atoms with Crippen molar-refractivity contribution < 1.29 is 9.00 Å². The van der Waals surface area contributed by atoms with Gasteiger partial charge in [-0.2, -0.15) is 0 Å². The summed E-state index contributed by atoms with van der Waals surface area (Å²) in [6.45, 7) is 1.88. The second kappa shape index (κ2) is 6.65. The molecule has 0 fully saturated rings. The van der Waals surface area contributed by atoms with Crippen LogP contribution in [0.15, 0.2) is 0 Å². The number of anilines is 1. The summed E-state index contributed by atoms with van der Waals surface area (Å²) >= 11 is 1.20. The summed E-state index contributed by atoms with van der Waals surface area (Å²) in [5, 5.41) is 14.1. The molecule has 2 atom stereocenters. The minimum Gasteiger partial charge on any atom is -0.363 e. The normalized spacial score (nSPS) is 14.1. The molecule has 0 aliphatic rings. The summed E-state index contributed by atoms with van der Waals surface area (Å²) in [5.74, 6) is 0.345. The van der Waals surface area contributed by atoms with Gasteiger partial charge in [-0.1, -0.05) is 11.3 Å². The molecule has 0 aromatic carbocycles. The largest absolute Gasteiger partial charge is 0.363 e. The summed E-state index contributed by atoms with van der Waals surface area (Å²) in [6.07, 6.45) is 2.34. The first-order valence-electron chi connectivity index (χ1n) is 5.15. The van der Waals surface area contributed by atoms with Crippen molar-refractivity contribution in [3.05, 3.63) is 5.01 Å². The van der Waals surface area contributed by atoms with Crippen molar-refractivity contribution in [2.24, 2.45) is 0 Å². The van der Waals surface area contributed by atoms with E-state index < -0.39 is 10.8 Å². The first kappa shape index (κ1) is 14.0. The Balaban J connectivity index is 2.45. The highest BCUT2D eigenvalue weighted by Gasteiger charge is 2.14. The predicted octanol–water partition coefficient (Wildman–Crippen LogP) is 0.467. The molecule has 0 saturated carbocycles. The van der Waals surface area contributed by atoms with Gasteiger partial charge in [0.05, 0.1) is 0 Å². The third-order valence-electron chi connectivity index (χ3n) is 2.05. The molecule has 1 amide bonds. The van der Waals surface area contributed by atoms with Gasteiger partial charge in [-0.3, -0.25) is 9.00 Å². The number of nitrogens with one attached hydrogen (secondary N) is 2. The fraction of sp³-hybridized carbons (Fsp3) is 0.667. The zero-order chi connectivity index (χ0) is 12.8. The number of hydrogen-bond donors (Lipinski definition) is 2. The van der Waals surface area contributed by atoms with E-state index in [0.717, 1.165) is 0 Å². The molecule has 1 aromatic heterocycles. The molecule has 0 spiro atoms. The highest BCUT2D eigenvalue weighted by molar-refractivity contribution is 7.84. The topological polar surface area (TPSA) is 84.0 Å². The van der Waals surface area contributed by atoms with Gasteiger partial charge in [0.1, 0.15) is 0 Å². The van der Waals surface area contributed by atoms with Gasteiger partial charge in [0, 0.05) is 35.9 Å². The fourth-order valence-corrected chi connectivity index (χ4v) is 2.40. The number of aromatic nitrogens is 2. The Kier molecular flexibility index (Phi) is 5.49. The lowest BCUT2D eigenvalue weighted by Gasteiger charge is -2.11. The third-order valence-corrected chi connectivity index (χ3v) is 3.80. The van der Waals surface area contributed by atoms with Gasteiger partial charge in [-0.15, -0.1) is 10.2 Å². The standard InChI is InChI=1S/C9H16N4O2S2/c1-6(4-5-17(3)15)11-7(14)8-12-13-9(10-2)16-8/h6H,4-5H2,1-3H3,(H,10,13)(H,11,14). The highest BCUT2D eigenvalue weighted by Crippen LogP contribution is 2.14. The molecule has 17 heavy (non-hydrogen) atoms. The third kappa shape index (κ3) is 4.78. The van der Waals surface area contributed by atoms with E-state index in [0.29, 0.717) is 22.3 Å². The number of amides is 1. The Bertz CT molecular complexity index is 407. The number of rotatable bonds is 6. The smallest absolute Gasteiger partial charge is 0.282 e. The number of hydrogen-bond acceptors (Lipinski definition) is 6. The van der Waals surface area contributed by atoms with Crippen LogP contribution in [0.1, 0.15) is 23.1 Å². The first-order chi connectivity index (χ1) is 8.02. The monoisotopic (exact) mass is 276 g/mol. The summed E-state index contributed by atoms with van der Waals surface area (Å²) in [4.78, 5) is 11.7. The van der Waals surface area contributed by atoms with Crippen molar-refractivity contribution in [2.45, 2.75) is 19.4 Å². The molecule has 2 unspecified atom stereocenters. The van der Waals surface area contributed by atoms with Crippen molar-refractivity contribution in [1.29, 1.82) is 0 Å². The van der Waals surface area contributed by atoms with Crippen molar-refractivity contribution in [1.82, 2.24) is 15.5 Å². The van der Waals surface area contributed by atoms with Gasteiger partial charge in [0.15, 0.2) is 0 Å².